The Morgan fingerprint density at radius 1 is 0.783 bits per heavy atom. The number of aromatic hydroxyl groups is 1. The van der Waals surface area contributed by atoms with Crippen molar-refractivity contribution < 1.29 is 33.7 Å². The SMILES string of the molecule is O=C(O)c1cc2cc3cc(C(=O)O)c(=O)oc3c(O)c2oc1=O. The first-order valence-corrected chi connectivity index (χ1v) is 6.04. The van der Waals surface area contributed by atoms with Gasteiger partial charge >= 0.3 is 23.2 Å². The molecule has 3 aromatic rings. The summed E-state index contributed by atoms with van der Waals surface area (Å²) >= 11 is 0. The van der Waals surface area contributed by atoms with Crippen LogP contribution in [0.25, 0.3) is 21.9 Å². The molecule has 0 unspecified atom stereocenters. The summed E-state index contributed by atoms with van der Waals surface area (Å²) in [5, 5.41) is 27.9. The van der Waals surface area contributed by atoms with Crippen LogP contribution in [0.5, 0.6) is 5.75 Å². The molecule has 0 bridgehead atoms. The van der Waals surface area contributed by atoms with Gasteiger partial charge in [-0.05, 0) is 18.2 Å². The second kappa shape index (κ2) is 4.70. The van der Waals surface area contributed by atoms with Gasteiger partial charge in [0.1, 0.15) is 11.1 Å². The minimum atomic E-state index is -1.52. The van der Waals surface area contributed by atoms with Gasteiger partial charge in [0.25, 0.3) is 0 Å². The van der Waals surface area contributed by atoms with E-state index in [4.69, 9.17) is 19.0 Å². The minimum Gasteiger partial charge on any atom is -0.502 e. The van der Waals surface area contributed by atoms with E-state index in [-0.39, 0.29) is 21.9 Å². The number of carboxylic acids is 2. The third-order valence-corrected chi connectivity index (χ3v) is 3.16. The fraction of sp³-hybridized carbons (Fsp3) is 0. The van der Waals surface area contributed by atoms with Gasteiger partial charge in [-0.25, -0.2) is 19.2 Å². The molecule has 0 saturated heterocycles. The van der Waals surface area contributed by atoms with E-state index in [0.29, 0.717) is 0 Å². The first-order chi connectivity index (χ1) is 10.8. The summed E-state index contributed by atoms with van der Waals surface area (Å²) in [7, 11) is 0. The van der Waals surface area contributed by atoms with Crippen molar-refractivity contribution in [2.45, 2.75) is 0 Å². The van der Waals surface area contributed by atoms with Gasteiger partial charge in [-0.3, -0.25) is 0 Å². The van der Waals surface area contributed by atoms with Gasteiger partial charge in [0.15, 0.2) is 11.2 Å². The second-order valence-corrected chi connectivity index (χ2v) is 4.57. The topological polar surface area (TPSA) is 155 Å². The maximum absolute atomic E-state index is 11.5. The highest BCUT2D eigenvalue weighted by molar-refractivity contribution is 6.03. The first kappa shape index (κ1) is 14.3. The van der Waals surface area contributed by atoms with E-state index in [9.17, 15) is 24.3 Å². The molecule has 3 rings (SSSR count). The molecular formula is C14H6O9. The molecule has 9 heteroatoms. The maximum Gasteiger partial charge on any atom is 0.351 e. The summed E-state index contributed by atoms with van der Waals surface area (Å²) < 4.78 is 9.49. The highest BCUT2D eigenvalue weighted by Gasteiger charge is 2.20. The lowest BCUT2D eigenvalue weighted by Gasteiger charge is -2.05. The van der Waals surface area contributed by atoms with Crippen molar-refractivity contribution in [3.63, 3.8) is 0 Å². The molecule has 0 aliphatic heterocycles. The fourth-order valence-electron chi connectivity index (χ4n) is 2.13. The van der Waals surface area contributed by atoms with Crippen molar-refractivity contribution in [1.82, 2.24) is 0 Å². The van der Waals surface area contributed by atoms with E-state index in [2.05, 4.69) is 0 Å². The van der Waals surface area contributed by atoms with Crippen LogP contribution in [-0.2, 0) is 0 Å². The lowest BCUT2D eigenvalue weighted by Crippen LogP contribution is -2.14. The molecule has 0 aliphatic carbocycles. The van der Waals surface area contributed by atoms with Gasteiger partial charge in [-0.15, -0.1) is 0 Å². The summed E-state index contributed by atoms with van der Waals surface area (Å²) in [6.45, 7) is 0. The second-order valence-electron chi connectivity index (χ2n) is 4.57. The number of carbonyl (C=O) groups is 2. The zero-order chi connectivity index (χ0) is 16.9. The van der Waals surface area contributed by atoms with Gasteiger partial charge < -0.3 is 24.2 Å². The predicted octanol–water partition coefficient (Wildman–Crippen LogP) is 1.00. The average molecular weight is 318 g/mol. The maximum atomic E-state index is 11.5. The van der Waals surface area contributed by atoms with Crippen molar-refractivity contribution in [2.75, 3.05) is 0 Å². The zero-order valence-electron chi connectivity index (χ0n) is 11.0. The third kappa shape index (κ3) is 2.11. The van der Waals surface area contributed by atoms with E-state index in [0.717, 1.165) is 12.1 Å². The average Bonchev–Trinajstić information content (AvgIpc) is 2.47. The van der Waals surface area contributed by atoms with Crippen LogP contribution in [0, 0.1) is 0 Å². The Balaban J connectivity index is 2.50. The molecule has 0 radical (unpaired) electrons. The molecule has 1 aromatic carbocycles. The number of hydrogen-bond acceptors (Lipinski definition) is 7. The molecule has 0 saturated carbocycles. The predicted molar refractivity (Wildman–Crippen MR) is 74.1 cm³/mol. The quantitative estimate of drug-likeness (QED) is 0.463. The normalized spacial score (nSPS) is 11.0. The van der Waals surface area contributed by atoms with E-state index in [1.165, 1.54) is 6.07 Å². The molecule has 9 nitrogen and oxygen atoms in total. The van der Waals surface area contributed by atoms with Gasteiger partial charge in [0.2, 0.25) is 5.75 Å². The van der Waals surface area contributed by atoms with Gasteiger partial charge in [0, 0.05) is 10.8 Å². The number of carboxylic acid groups (broad SMARTS) is 2. The molecule has 0 spiro atoms. The smallest absolute Gasteiger partial charge is 0.351 e. The van der Waals surface area contributed by atoms with Crippen molar-refractivity contribution in [1.29, 1.82) is 0 Å². The number of hydrogen-bond donors (Lipinski definition) is 3. The van der Waals surface area contributed by atoms with Crippen LogP contribution in [0.15, 0.2) is 36.6 Å². The lowest BCUT2D eigenvalue weighted by atomic mass is 10.1. The Morgan fingerprint density at radius 3 is 1.52 bits per heavy atom. The number of aromatic carboxylic acids is 2. The van der Waals surface area contributed by atoms with E-state index < -0.39 is 40.1 Å². The molecule has 116 valence electrons. The van der Waals surface area contributed by atoms with Gasteiger partial charge in [-0.1, -0.05) is 0 Å². The van der Waals surface area contributed by atoms with Crippen LogP contribution in [0.1, 0.15) is 20.7 Å². The van der Waals surface area contributed by atoms with Crippen LogP contribution in [0.3, 0.4) is 0 Å². The van der Waals surface area contributed by atoms with Crippen LogP contribution in [-0.4, -0.2) is 27.3 Å². The first-order valence-electron chi connectivity index (χ1n) is 6.04. The standard InChI is InChI=1S/C14H6O9/c15-8-9-4(2-6(11(16)17)13(20)22-9)1-5-3-7(12(18)19)14(21)23-10(5)8/h1-3,15H,(H,16,17)(H,18,19). The summed E-state index contributed by atoms with van der Waals surface area (Å²) in [6.07, 6.45) is 0. The highest BCUT2D eigenvalue weighted by atomic mass is 16.4. The van der Waals surface area contributed by atoms with Crippen LogP contribution >= 0.6 is 0 Å². The molecule has 0 aliphatic rings. The van der Waals surface area contributed by atoms with Crippen molar-refractivity contribution >= 4 is 33.9 Å². The minimum absolute atomic E-state index is 0.0252. The number of benzene rings is 1. The monoisotopic (exact) mass is 318 g/mol. The van der Waals surface area contributed by atoms with Crippen molar-refractivity contribution in [3.05, 3.63) is 50.2 Å². The van der Waals surface area contributed by atoms with Crippen LogP contribution in [0.2, 0.25) is 0 Å². The lowest BCUT2D eigenvalue weighted by molar-refractivity contribution is 0.0681. The molecule has 0 atom stereocenters. The Bertz CT molecular complexity index is 1030. The zero-order valence-corrected chi connectivity index (χ0v) is 11.0. The Labute approximate surface area is 124 Å². The highest BCUT2D eigenvalue weighted by Crippen LogP contribution is 2.33. The fourth-order valence-corrected chi connectivity index (χ4v) is 2.13. The summed E-state index contributed by atoms with van der Waals surface area (Å²) in [6, 6.07) is 3.16. The largest absolute Gasteiger partial charge is 0.502 e. The van der Waals surface area contributed by atoms with Gasteiger partial charge in [-0.2, -0.15) is 0 Å². The van der Waals surface area contributed by atoms with Gasteiger partial charge in [0.05, 0.1) is 0 Å². The summed E-state index contributed by atoms with van der Waals surface area (Å²) in [5.41, 5.74) is -4.45. The Morgan fingerprint density at radius 2 is 1.17 bits per heavy atom. The third-order valence-electron chi connectivity index (χ3n) is 3.16. The summed E-state index contributed by atoms with van der Waals surface area (Å²) in [5.74, 6) is -3.75. The molecule has 3 N–H and O–H groups in total. The van der Waals surface area contributed by atoms with E-state index in [1.807, 2.05) is 0 Å². The molecular weight excluding hydrogens is 312 g/mol. The number of rotatable bonds is 2. The van der Waals surface area contributed by atoms with E-state index >= 15 is 0 Å². The molecule has 0 amide bonds. The number of phenolic OH excluding ortho intramolecular Hbond substituents is 1. The summed E-state index contributed by atoms with van der Waals surface area (Å²) in [4.78, 5) is 45.0. The van der Waals surface area contributed by atoms with Crippen molar-refractivity contribution in [3.8, 4) is 5.75 Å². The number of phenols is 1. The van der Waals surface area contributed by atoms with E-state index in [1.54, 1.807) is 0 Å². The van der Waals surface area contributed by atoms with Crippen LogP contribution < -0.4 is 11.3 Å². The molecule has 2 aromatic heterocycles. The molecule has 2 heterocycles. The van der Waals surface area contributed by atoms with Crippen LogP contribution in [0.4, 0.5) is 0 Å². The molecule has 0 fully saturated rings. The Kier molecular flexibility index (Phi) is 2.93. The number of fused-ring (bicyclic) bond motifs is 2. The molecule has 23 heavy (non-hydrogen) atoms. The van der Waals surface area contributed by atoms with Crippen molar-refractivity contribution in [2.24, 2.45) is 0 Å². The Hall–Kier alpha value is -3.62.